The van der Waals surface area contributed by atoms with Crippen LogP contribution in [0.3, 0.4) is 0 Å². The summed E-state index contributed by atoms with van der Waals surface area (Å²) in [6.07, 6.45) is 0. The predicted octanol–water partition coefficient (Wildman–Crippen LogP) is 2.63. The molecule has 0 fully saturated rings. The first-order valence-electron chi connectivity index (χ1n) is 4.55. The Morgan fingerprint density at radius 2 is 1.87 bits per heavy atom. The van der Waals surface area contributed by atoms with E-state index in [9.17, 15) is 8.42 Å². The van der Waals surface area contributed by atoms with Crippen molar-refractivity contribution in [1.29, 1.82) is 0 Å². The van der Waals surface area contributed by atoms with E-state index in [1.54, 1.807) is 19.9 Å². The quantitative estimate of drug-likeness (QED) is 0.773. The average molecular weight is 249 g/mol. The Kier molecular flexibility index (Phi) is 3.62. The van der Waals surface area contributed by atoms with Crippen LogP contribution in [0.5, 0.6) is 5.75 Å². The molecule has 5 heteroatoms. The molecule has 0 aromatic heterocycles. The summed E-state index contributed by atoms with van der Waals surface area (Å²) in [5.74, 6) is 0.694. The second-order valence-electron chi connectivity index (χ2n) is 3.25. The first-order valence-corrected chi connectivity index (χ1v) is 6.86. The molecule has 1 rings (SSSR count). The molecule has 0 bridgehead atoms. The molecular formula is C10H13ClO3S. The van der Waals surface area contributed by atoms with Gasteiger partial charge in [0.1, 0.15) is 5.75 Å². The molecule has 15 heavy (non-hydrogen) atoms. The SMILES string of the molecule is CCOc1cc(C)c(S(=O)(=O)Cl)cc1C. The minimum atomic E-state index is -3.67. The molecule has 0 spiro atoms. The molecule has 0 aliphatic heterocycles. The summed E-state index contributed by atoms with van der Waals surface area (Å²) in [5.41, 5.74) is 1.36. The summed E-state index contributed by atoms with van der Waals surface area (Å²) in [4.78, 5) is 0.144. The first kappa shape index (κ1) is 12.3. The lowest BCUT2D eigenvalue weighted by atomic mass is 10.1. The van der Waals surface area contributed by atoms with Crippen LogP contribution in [0.25, 0.3) is 0 Å². The summed E-state index contributed by atoms with van der Waals surface area (Å²) in [6.45, 7) is 5.90. The Hall–Kier alpha value is -0.740. The zero-order chi connectivity index (χ0) is 11.6. The molecule has 0 radical (unpaired) electrons. The molecule has 0 heterocycles. The van der Waals surface area contributed by atoms with E-state index in [2.05, 4.69) is 0 Å². The van der Waals surface area contributed by atoms with Crippen LogP contribution in [0.2, 0.25) is 0 Å². The number of ether oxygens (including phenoxy) is 1. The maximum Gasteiger partial charge on any atom is 0.261 e. The Labute approximate surface area is 94.4 Å². The lowest BCUT2D eigenvalue weighted by Crippen LogP contribution is -1.99. The maximum atomic E-state index is 11.2. The molecule has 84 valence electrons. The fourth-order valence-electron chi connectivity index (χ4n) is 1.34. The molecule has 0 saturated heterocycles. The highest BCUT2D eigenvalue weighted by atomic mass is 35.7. The van der Waals surface area contributed by atoms with Gasteiger partial charge in [-0.25, -0.2) is 8.42 Å². The van der Waals surface area contributed by atoms with Crippen LogP contribution in [-0.2, 0) is 9.05 Å². The number of benzene rings is 1. The van der Waals surface area contributed by atoms with Gasteiger partial charge in [0.25, 0.3) is 9.05 Å². The smallest absolute Gasteiger partial charge is 0.261 e. The lowest BCUT2D eigenvalue weighted by Gasteiger charge is -2.10. The van der Waals surface area contributed by atoms with Gasteiger partial charge in [-0.3, -0.25) is 0 Å². The van der Waals surface area contributed by atoms with Gasteiger partial charge in [0.2, 0.25) is 0 Å². The normalized spacial score (nSPS) is 11.5. The Balaban J connectivity index is 3.32. The number of hydrogen-bond acceptors (Lipinski definition) is 3. The van der Waals surface area contributed by atoms with E-state index >= 15 is 0 Å². The van der Waals surface area contributed by atoms with Gasteiger partial charge in [0.05, 0.1) is 11.5 Å². The minimum Gasteiger partial charge on any atom is -0.494 e. The molecule has 1 aromatic carbocycles. The van der Waals surface area contributed by atoms with E-state index in [0.29, 0.717) is 17.9 Å². The second-order valence-corrected chi connectivity index (χ2v) is 5.79. The third-order valence-electron chi connectivity index (χ3n) is 2.04. The maximum absolute atomic E-state index is 11.2. The fraction of sp³-hybridized carbons (Fsp3) is 0.400. The number of hydrogen-bond donors (Lipinski definition) is 0. The van der Waals surface area contributed by atoms with Crippen molar-refractivity contribution in [3.63, 3.8) is 0 Å². The third kappa shape index (κ3) is 2.86. The zero-order valence-corrected chi connectivity index (χ0v) is 10.4. The van der Waals surface area contributed by atoms with Crippen molar-refractivity contribution in [2.24, 2.45) is 0 Å². The third-order valence-corrected chi connectivity index (χ3v) is 3.50. The molecule has 0 aliphatic carbocycles. The molecule has 0 saturated carbocycles. The van der Waals surface area contributed by atoms with Gasteiger partial charge in [-0.15, -0.1) is 0 Å². The van der Waals surface area contributed by atoms with E-state index in [1.165, 1.54) is 6.07 Å². The van der Waals surface area contributed by atoms with E-state index in [-0.39, 0.29) is 4.90 Å². The summed E-state index contributed by atoms with van der Waals surface area (Å²) < 4.78 is 27.7. The monoisotopic (exact) mass is 248 g/mol. The summed E-state index contributed by atoms with van der Waals surface area (Å²) >= 11 is 0. The lowest BCUT2D eigenvalue weighted by molar-refractivity contribution is 0.337. The standard InChI is InChI=1S/C10H13ClO3S/c1-4-14-9-5-8(3)10(6-7(9)2)15(11,12)13/h5-6H,4H2,1-3H3. The molecule has 0 atom stereocenters. The van der Waals surface area contributed by atoms with Crippen LogP contribution in [-0.4, -0.2) is 15.0 Å². The zero-order valence-electron chi connectivity index (χ0n) is 8.87. The van der Waals surface area contributed by atoms with Crippen molar-refractivity contribution in [1.82, 2.24) is 0 Å². The highest BCUT2D eigenvalue weighted by Gasteiger charge is 2.15. The molecule has 1 aromatic rings. The van der Waals surface area contributed by atoms with Crippen LogP contribution in [0.15, 0.2) is 17.0 Å². The molecule has 3 nitrogen and oxygen atoms in total. The molecule has 0 N–H and O–H groups in total. The molecule has 0 amide bonds. The van der Waals surface area contributed by atoms with Crippen molar-refractivity contribution >= 4 is 19.7 Å². The average Bonchev–Trinajstić information content (AvgIpc) is 2.09. The topological polar surface area (TPSA) is 43.4 Å². The van der Waals surface area contributed by atoms with Gasteiger partial charge in [-0.1, -0.05) is 0 Å². The van der Waals surface area contributed by atoms with E-state index in [0.717, 1.165) is 5.56 Å². The van der Waals surface area contributed by atoms with Crippen molar-refractivity contribution in [3.8, 4) is 5.75 Å². The van der Waals surface area contributed by atoms with Crippen LogP contribution in [0, 0.1) is 13.8 Å². The number of rotatable bonds is 3. The van der Waals surface area contributed by atoms with Gasteiger partial charge in [-0.05, 0) is 44.0 Å². The number of aryl methyl sites for hydroxylation is 2. The van der Waals surface area contributed by atoms with Crippen LogP contribution in [0.1, 0.15) is 18.1 Å². The minimum absolute atomic E-state index is 0.144. The van der Waals surface area contributed by atoms with Crippen LogP contribution in [0.4, 0.5) is 0 Å². The van der Waals surface area contributed by atoms with Gasteiger partial charge >= 0.3 is 0 Å². The van der Waals surface area contributed by atoms with Crippen LogP contribution >= 0.6 is 10.7 Å². The number of halogens is 1. The van der Waals surface area contributed by atoms with Gasteiger partial charge in [0.15, 0.2) is 0 Å². The second kappa shape index (κ2) is 4.41. The van der Waals surface area contributed by atoms with Crippen molar-refractivity contribution in [2.45, 2.75) is 25.7 Å². The van der Waals surface area contributed by atoms with E-state index in [4.69, 9.17) is 15.4 Å². The first-order chi connectivity index (χ1) is 6.86. The van der Waals surface area contributed by atoms with Crippen LogP contribution < -0.4 is 4.74 Å². The van der Waals surface area contributed by atoms with Gasteiger partial charge in [-0.2, -0.15) is 0 Å². The summed E-state index contributed by atoms with van der Waals surface area (Å²) in [6, 6.07) is 3.22. The Morgan fingerprint density at radius 3 is 2.33 bits per heavy atom. The predicted molar refractivity (Wildman–Crippen MR) is 60.1 cm³/mol. The molecule has 0 unspecified atom stereocenters. The molecular weight excluding hydrogens is 236 g/mol. The van der Waals surface area contributed by atoms with E-state index in [1.807, 2.05) is 6.92 Å². The Morgan fingerprint density at radius 1 is 1.27 bits per heavy atom. The van der Waals surface area contributed by atoms with Crippen molar-refractivity contribution < 1.29 is 13.2 Å². The highest BCUT2D eigenvalue weighted by Crippen LogP contribution is 2.27. The largest absolute Gasteiger partial charge is 0.494 e. The Bertz CT molecular complexity index is 466. The highest BCUT2D eigenvalue weighted by molar-refractivity contribution is 8.13. The van der Waals surface area contributed by atoms with Crippen molar-refractivity contribution in [2.75, 3.05) is 6.61 Å². The fourth-order valence-corrected chi connectivity index (χ4v) is 2.60. The summed E-state index contributed by atoms with van der Waals surface area (Å²) in [5, 5.41) is 0. The van der Waals surface area contributed by atoms with Gasteiger partial charge in [0, 0.05) is 10.7 Å². The van der Waals surface area contributed by atoms with Crippen molar-refractivity contribution in [3.05, 3.63) is 23.3 Å². The molecule has 0 aliphatic rings. The summed E-state index contributed by atoms with van der Waals surface area (Å²) in [7, 11) is 1.63. The van der Waals surface area contributed by atoms with Gasteiger partial charge < -0.3 is 4.74 Å². The van der Waals surface area contributed by atoms with E-state index < -0.39 is 9.05 Å².